The minimum atomic E-state index is 0.419. The molecular formula is C12H18O. The Labute approximate surface area is 80.5 Å². The Morgan fingerprint density at radius 1 is 1.15 bits per heavy atom. The number of carbonyl (C=O) groups is 1. The van der Waals surface area contributed by atoms with Gasteiger partial charge in [0.1, 0.15) is 5.78 Å². The van der Waals surface area contributed by atoms with Crippen LogP contribution in [0.2, 0.25) is 0 Å². The van der Waals surface area contributed by atoms with Crippen molar-refractivity contribution in [2.75, 3.05) is 0 Å². The molecule has 0 saturated carbocycles. The Morgan fingerprint density at radius 3 is 2.69 bits per heavy atom. The van der Waals surface area contributed by atoms with Gasteiger partial charge in [-0.25, -0.2) is 0 Å². The lowest BCUT2D eigenvalue weighted by atomic mass is 9.99. The standard InChI is InChI=1S/C12H18O/c1-10-6-4-3-5-7-12(13)9-8-11(10)2/h4,6H,3,5,7-9H2,1-2H3/b6-4-,11-10+. The molecule has 0 radical (unpaired) electrons. The van der Waals surface area contributed by atoms with Gasteiger partial charge in [0.05, 0.1) is 0 Å². The maximum absolute atomic E-state index is 11.3. The van der Waals surface area contributed by atoms with E-state index in [-0.39, 0.29) is 0 Å². The topological polar surface area (TPSA) is 17.1 Å². The molecule has 0 bridgehead atoms. The molecule has 0 amide bonds. The summed E-state index contributed by atoms with van der Waals surface area (Å²) in [5.41, 5.74) is 2.68. The van der Waals surface area contributed by atoms with Gasteiger partial charge in [0, 0.05) is 12.8 Å². The van der Waals surface area contributed by atoms with Crippen LogP contribution in [0.5, 0.6) is 0 Å². The molecule has 0 saturated heterocycles. The van der Waals surface area contributed by atoms with E-state index in [1.165, 1.54) is 11.1 Å². The lowest BCUT2D eigenvalue weighted by molar-refractivity contribution is -0.119. The highest BCUT2D eigenvalue weighted by Crippen LogP contribution is 2.15. The van der Waals surface area contributed by atoms with Crippen LogP contribution in [0.3, 0.4) is 0 Å². The highest BCUT2D eigenvalue weighted by Gasteiger charge is 2.04. The fraction of sp³-hybridized carbons (Fsp3) is 0.583. The van der Waals surface area contributed by atoms with Gasteiger partial charge in [-0.05, 0) is 33.1 Å². The van der Waals surface area contributed by atoms with Crippen LogP contribution in [0, 0.1) is 0 Å². The van der Waals surface area contributed by atoms with Gasteiger partial charge >= 0.3 is 0 Å². The van der Waals surface area contributed by atoms with E-state index in [1.54, 1.807) is 0 Å². The number of allylic oxidation sites excluding steroid dienone is 4. The second-order valence-electron chi connectivity index (χ2n) is 3.80. The zero-order valence-corrected chi connectivity index (χ0v) is 8.60. The highest BCUT2D eigenvalue weighted by atomic mass is 16.1. The van der Waals surface area contributed by atoms with E-state index in [2.05, 4.69) is 26.0 Å². The summed E-state index contributed by atoms with van der Waals surface area (Å²) >= 11 is 0. The molecule has 13 heavy (non-hydrogen) atoms. The largest absolute Gasteiger partial charge is 0.300 e. The average Bonchev–Trinajstić information content (AvgIpc) is 2.12. The van der Waals surface area contributed by atoms with Crippen LogP contribution in [0.1, 0.15) is 46.0 Å². The number of hydrogen-bond acceptors (Lipinski definition) is 1. The second-order valence-corrected chi connectivity index (χ2v) is 3.80. The number of carbonyl (C=O) groups excluding carboxylic acids is 1. The molecular weight excluding hydrogens is 160 g/mol. The van der Waals surface area contributed by atoms with Crippen LogP contribution < -0.4 is 0 Å². The monoisotopic (exact) mass is 178 g/mol. The summed E-state index contributed by atoms with van der Waals surface area (Å²) in [6.07, 6.45) is 8.85. The molecule has 0 N–H and O–H groups in total. The second kappa shape index (κ2) is 5.00. The quantitative estimate of drug-likeness (QED) is 0.555. The van der Waals surface area contributed by atoms with Crippen LogP contribution in [0.4, 0.5) is 0 Å². The fourth-order valence-corrected chi connectivity index (χ4v) is 1.47. The van der Waals surface area contributed by atoms with Gasteiger partial charge < -0.3 is 0 Å². The third kappa shape index (κ3) is 3.58. The van der Waals surface area contributed by atoms with Gasteiger partial charge in [-0.15, -0.1) is 0 Å². The summed E-state index contributed by atoms with van der Waals surface area (Å²) in [6.45, 7) is 4.24. The van der Waals surface area contributed by atoms with Crippen molar-refractivity contribution < 1.29 is 4.79 Å². The number of Topliss-reactive ketones (excluding diaryl/α,β-unsaturated/α-hetero) is 1. The van der Waals surface area contributed by atoms with Crippen molar-refractivity contribution in [3.05, 3.63) is 23.3 Å². The summed E-state index contributed by atoms with van der Waals surface area (Å²) in [7, 11) is 0. The smallest absolute Gasteiger partial charge is 0.133 e. The molecule has 1 aliphatic carbocycles. The molecule has 0 atom stereocenters. The van der Waals surface area contributed by atoms with E-state index in [9.17, 15) is 4.79 Å². The summed E-state index contributed by atoms with van der Waals surface area (Å²) < 4.78 is 0. The molecule has 0 aliphatic heterocycles. The van der Waals surface area contributed by atoms with Crippen LogP contribution in [-0.2, 0) is 4.79 Å². The van der Waals surface area contributed by atoms with Crippen molar-refractivity contribution in [3.8, 4) is 0 Å². The number of rotatable bonds is 0. The maximum atomic E-state index is 11.3. The first-order valence-corrected chi connectivity index (χ1v) is 5.05. The minimum Gasteiger partial charge on any atom is -0.300 e. The summed E-state index contributed by atoms with van der Waals surface area (Å²) in [5.74, 6) is 0.419. The minimum absolute atomic E-state index is 0.419. The van der Waals surface area contributed by atoms with E-state index in [4.69, 9.17) is 0 Å². The van der Waals surface area contributed by atoms with Crippen molar-refractivity contribution >= 4 is 5.78 Å². The molecule has 1 heteroatoms. The van der Waals surface area contributed by atoms with Gasteiger partial charge in [0.2, 0.25) is 0 Å². The fourth-order valence-electron chi connectivity index (χ4n) is 1.47. The van der Waals surface area contributed by atoms with Gasteiger partial charge in [-0.3, -0.25) is 4.79 Å². The summed E-state index contributed by atoms with van der Waals surface area (Å²) in [6, 6.07) is 0. The third-order valence-electron chi connectivity index (χ3n) is 2.65. The van der Waals surface area contributed by atoms with Crippen molar-refractivity contribution in [1.82, 2.24) is 0 Å². The average molecular weight is 178 g/mol. The van der Waals surface area contributed by atoms with Crippen molar-refractivity contribution in [2.24, 2.45) is 0 Å². The maximum Gasteiger partial charge on any atom is 0.133 e. The molecule has 72 valence electrons. The molecule has 1 aliphatic rings. The molecule has 0 aromatic rings. The van der Waals surface area contributed by atoms with E-state index in [1.807, 2.05) is 0 Å². The molecule has 1 nitrogen and oxygen atoms in total. The van der Waals surface area contributed by atoms with E-state index >= 15 is 0 Å². The van der Waals surface area contributed by atoms with Gasteiger partial charge in [-0.2, -0.15) is 0 Å². The van der Waals surface area contributed by atoms with E-state index in [0.717, 1.165) is 32.1 Å². The molecule has 0 spiro atoms. The molecule has 0 fully saturated rings. The van der Waals surface area contributed by atoms with E-state index < -0.39 is 0 Å². The van der Waals surface area contributed by atoms with Crippen molar-refractivity contribution in [1.29, 1.82) is 0 Å². The van der Waals surface area contributed by atoms with Crippen LogP contribution >= 0.6 is 0 Å². The Kier molecular flexibility index (Phi) is 3.94. The van der Waals surface area contributed by atoms with Crippen LogP contribution in [-0.4, -0.2) is 5.78 Å². The zero-order valence-electron chi connectivity index (χ0n) is 8.60. The van der Waals surface area contributed by atoms with Crippen molar-refractivity contribution in [2.45, 2.75) is 46.0 Å². The predicted molar refractivity (Wildman–Crippen MR) is 55.6 cm³/mol. The molecule has 0 heterocycles. The molecule has 0 aromatic carbocycles. The molecule has 1 rings (SSSR count). The highest BCUT2D eigenvalue weighted by molar-refractivity contribution is 5.78. The lowest BCUT2D eigenvalue weighted by Crippen LogP contribution is -1.99. The number of ketones is 1. The zero-order chi connectivity index (χ0) is 9.68. The summed E-state index contributed by atoms with van der Waals surface area (Å²) in [5, 5.41) is 0. The SMILES string of the molecule is CC1=C(/C)CCC(=O)CCC/C=C\1. The van der Waals surface area contributed by atoms with Crippen LogP contribution in [0.25, 0.3) is 0 Å². The van der Waals surface area contributed by atoms with Gasteiger partial charge in [0.25, 0.3) is 0 Å². The lowest BCUT2D eigenvalue weighted by Gasteiger charge is -2.06. The van der Waals surface area contributed by atoms with E-state index in [0.29, 0.717) is 5.78 Å². The Bertz CT molecular complexity index is 246. The Morgan fingerprint density at radius 2 is 1.92 bits per heavy atom. The summed E-state index contributed by atoms with van der Waals surface area (Å²) in [4.78, 5) is 11.3. The first kappa shape index (κ1) is 10.2. The van der Waals surface area contributed by atoms with Crippen molar-refractivity contribution in [3.63, 3.8) is 0 Å². The molecule has 0 aromatic heterocycles. The van der Waals surface area contributed by atoms with Gasteiger partial charge in [-0.1, -0.05) is 23.3 Å². The first-order chi connectivity index (χ1) is 6.20. The Balaban J connectivity index is 2.68. The first-order valence-electron chi connectivity index (χ1n) is 5.05. The number of hydrogen-bond donors (Lipinski definition) is 0. The van der Waals surface area contributed by atoms with Gasteiger partial charge in [0.15, 0.2) is 0 Å². The normalized spacial score (nSPS) is 28.6. The van der Waals surface area contributed by atoms with Crippen LogP contribution in [0.15, 0.2) is 23.3 Å². The third-order valence-corrected chi connectivity index (χ3v) is 2.65. The predicted octanol–water partition coefficient (Wildman–Crippen LogP) is 3.41. The Hall–Kier alpha value is -0.850. The molecule has 0 unspecified atom stereocenters.